The highest BCUT2D eigenvalue weighted by Gasteiger charge is 2.32. The van der Waals surface area contributed by atoms with E-state index in [0.717, 1.165) is 63.2 Å². The van der Waals surface area contributed by atoms with Crippen molar-refractivity contribution in [3.63, 3.8) is 0 Å². The van der Waals surface area contributed by atoms with Crippen molar-refractivity contribution in [3.05, 3.63) is 63.7 Å². The lowest BCUT2D eigenvalue weighted by atomic mass is 9.85. The first-order chi connectivity index (χ1) is 15.9. The zero-order valence-corrected chi connectivity index (χ0v) is 21.5. The van der Waals surface area contributed by atoms with Gasteiger partial charge in [0.1, 0.15) is 5.75 Å². The van der Waals surface area contributed by atoms with Crippen LogP contribution in [0.4, 0.5) is 5.69 Å². The van der Waals surface area contributed by atoms with Gasteiger partial charge in [0.25, 0.3) is 0 Å². The third kappa shape index (κ3) is 5.52. The molecule has 2 aromatic carbocycles. The molecule has 0 aromatic heterocycles. The number of allylic oxidation sites excluding steroid dienone is 1. The van der Waals surface area contributed by atoms with Crippen molar-refractivity contribution in [2.45, 2.75) is 73.6 Å². The van der Waals surface area contributed by atoms with Crippen LogP contribution in [-0.2, 0) is 9.59 Å². The molecule has 1 aliphatic heterocycles. The molecule has 1 atom stereocenters. The highest BCUT2D eigenvalue weighted by molar-refractivity contribution is 5.94. The fraction of sp³-hybridized carbons (Fsp3) is 0.448. The smallest absolute Gasteiger partial charge is 0.328 e. The number of aliphatic carboxylic acids is 1. The Morgan fingerprint density at radius 1 is 1.09 bits per heavy atom. The SMILES string of the molecule is CCC/C(=C/C(=O)O)c1ccc(C2COc3c(C)c(C)c(NC(=O)CC(C)(C)C)c(C)c32)cc1. The summed E-state index contributed by atoms with van der Waals surface area (Å²) in [4.78, 5) is 24.0. The van der Waals surface area contributed by atoms with Crippen molar-refractivity contribution in [1.29, 1.82) is 0 Å². The Bertz CT molecular complexity index is 1120. The van der Waals surface area contributed by atoms with Crippen LogP contribution in [0.15, 0.2) is 30.3 Å². The molecule has 0 saturated heterocycles. The molecular formula is C29H37NO4. The van der Waals surface area contributed by atoms with Gasteiger partial charge in [-0.15, -0.1) is 0 Å². The van der Waals surface area contributed by atoms with E-state index in [1.807, 2.05) is 32.9 Å². The van der Waals surface area contributed by atoms with Crippen LogP contribution in [0.5, 0.6) is 5.75 Å². The maximum absolute atomic E-state index is 12.7. The summed E-state index contributed by atoms with van der Waals surface area (Å²) in [5, 5.41) is 12.4. The average Bonchev–Trinajstić information content (AvgIpc) is 3.19. The number of ether oxygens (including phenoxy) is 1. The van der Waals surface area contributed by atoms with Crippen LogP contribution in [0.2, 0.25) is 0 Å². The van der Waals surface area contributed by atoms with Gasteiger partial charge in [0.2, 0.25) is 5.91 Å². The fourth-order valence-corrected chi connectivity index (χ4v) is 4.77. The Balaban J connectivity index is 1.98. The van der Waals surface area contributed by atoms with Crippen molar-refractivity contribution >= 4 is 23.1 Å². The van der Waals surface area contributed by atoms with Gasteiger partial charge in [-0.1, -0.05) is 58.4 Å². The molecular weight excluding hydrogens is 426 g/mol. The number of carbonyl (C=O) groups excluding carboxylic acids is 1. The molecule has 1 unspecified atom stereocenters. The lowest BCUT2D eigenvalue weighted by Crippen LogP contribution is -2.21. The number of rotatable bonds is 7. The molecule has 3 rings (SSSR count). The van der Waals surface area contributed by atoms with Crippen LogP contribution < -0.4 is 10.1 Å². The number of carbonyl (C=O) groups is 2. The summed E-state index contributed by atoms with van der Waals surface area (Å²) < 4.78 is 6.17. The second-order valence-electron chi connectivity index (χ2n) is 10.5. The largest absolute Gasteiger partial charge is 0.492 e. The number of amides is 1. The summed E-state index contributed by atoms with van der Waals surface area (Å²) in [5.74, 6) is 0.0646. The van der Waals surface area contributed by atoms with Crippen LogP contribution in [0, 0.1) is 26.2 Å². The minimum absolute atomic E-state index is 0.0199. The molecule has 1 heterocycles. The van der Waals surface area contributed by atoms with Crippen LogP contribution in [0.1, 0.15) is 86.3 Å². The average molecular weight is 464 g/mol. The van der Waals surface area contributed by atoms with Crippen LogP contribution in [0.3, 0.4) is 0 Å². The molecule has 34 heavy (non-hydrogen) atoms. The van der Waals surface area contributed by atoms with E-state index in [-0.39, 0.29) is 17.2 Å². The van der Waals surface area contributed by atoms with E-state index in [0.29, 0.717) is 13.0 Å². The number of carboxylic acids is 1. The van der Waals surface area contributed by atoms with Crippen LogP contribution in [-0.4, -0.2) is 23.6 Å². The minimum Gasteiger partial charge on any atom is -0.492 e. The Morgan fingerprint density at radius 3 is 2.29 bits per heavy atom. The lowest BCUT2D eigenvalue weighted by Gasteiger charge is -2.22. The Hall–Kier alpha value is -3.08. The molecule has 5 heteroatoms. The first kappa shape index (κ1) is 25.5. The number of hydrogen-bond acceptors (Lipinski definition) is 3. The standard InChI is InChI=1S/C29H37NO4/c1-8-9-22(14-25(32)33)20-10-12-21(13-11-20)23-16-34-28-18(3)17(2)27(19(4)26(23)28)30-24(31)15-29(5,6)7/h10-14,23H,8-9,15-16H2,1-7H3,(H,30,31)(H,32,33)/b22-14-. The maximum Gasteiger partial charge on any atom is 0.328 e. The fourth-order valence-electron chi connectivity index (χ4n) is 4.77. The van der Waals surface area contributed by atoms with Crippen molar-refractivity contribution < 1.29 is 19.4 Å². The summed E-state index contributed by atoms with van der Waals surface area (Å²) >= 11 is 0. The van der Waals surface area contributed by atoms with Gasteiger partial charge in [-0.05, 0) is 66.0 Å². The zero-order chi connectivity index (χ0) is 25.2. The number of fused-ring (bicyclic) bond motifs is 1. The van der Waals surface area contributed by atoms with E-state index in [9.17, 15) is 14.7 Å². The summed E-state index contributed by atoms with van der Waals surface area (Å²) in [6.45, 7) is 14.9. The summed E-state index contributed by atoms with van der Waals surface area (Å²) in [6, 6.07) is 8.13. The lowest BCUT2D eigenvalue weighted by molar-refractivity contribution is -0.131. The number of hydrogen-bond donors (Lipinski definition) is 2. The zero-order valence-electron chi connectivity index (χ0n) is 21.5. The highest BCUT2D eigenvalue weighted by Crippen LogP contribution is 2.47. The highest BCUT2D eigenvalue weighted by atomic mass is 16.5. The first-order valence-corrected chi connectivity index (χ1v) is 12.0. The second-order valence-corrected chi connectivity index (χ2v) is 10.5. The van der Waals surface area contributed by atoms with E-state index in [1.54, 1.807) is 0 Å². The topological polar surface area (TPSA) is 75.6 Å². The molecule has 2 aromatic rings. The molecule has 2 N–H and O–H groups in total. The van der Waals surface area contributed by atoms with Crippen molar-refractivity contribution in [2.24, 2.45) is 5.41 Å². The summed E-state index contributed by atoms with van der Waals surface area (Å²) in [7, 11) is 0. The van der Waals surface area contributed by atoms with Gasteiger partial charge in [0, 0.05) is 29.7 Å². The van der Waals surface area contributed by atoms with E-state index < -0.39 is 5.97 Å². The molecule has 0 saturated carbocycles. The molecule has 0 aliphatic carbocycles. The number of carboxylic acid groups (broad SMARTS) is 1. The normalized spacial score (nSPS) is 15.6. The van der Waals surface area contributed by atoms with Crippen molar-refractivity contribution in [2.75, 3.05) is 11.9 Å². The monoisotopic (exact) mass is 463 g/mol. The number of nitrogens with one attached hydrogen (secondary N) is 1. The second kappa shape index (κ2) is 10.0. The quantitative estimate of drug-likeness (QED) is 0.444. The van der Waals surface area contributed by atoms with Gasteiger partial charge in [-0.2, -0.15) is 0 Å². The maximum atomic E-state index is 12.7. The molecule has 0 radical (unpaired) electrons. The van der Waals surface area contributed by atoms with Crippen LogP contribution in [0.25, 0.3) is 5.57 Å². The minimum atomic E-state index is -0.923. The number of anilines is 1. The van der Waals surface area contributed by atoms with E-state index >= 15 is 0 Å². The first-order valence-electron chi connectivity index (χ1n) is 12.0. The van der Waals surface area contributed by atoms with Gasteiger partial charge < -0.3 is 15.2 Å². The van der Waals surface area contributed by atoms with Crippen LogP contribution >= 0.6 is 0 Å². The molecule has 182 valence electrons. The summed E-state index contributed by atoms with van der Waals surface area (Å²) in [5.41, 5.74) is 7.94. The molecule has 1 amide bonds. The van der Waals surface area contributed by atoms with Gasteiger partial charge in [-0.3, -0.25) is 4.79 Å². The van der Waals surface area contributed by atoms with Gasteiger partial charge >= 0.3 is 5.97 Å². The van der Waals surface area contributed by atoms with E-state index in [2.05, 4.69) is 45.1 Å². The molecule has 5 nitrogen and oxygen atoms in total. The van der Waals surface area contributed by atoms with Crippen molar-refractivity contribution in [1.82, 2.24) is 0 Å². The Kier molecular flexibility index (Phi) is 7.54. The van der Waals surface area contributed by atoms with Gasteiger partial charge in [0.05, 0.1) is 6.61 Å². The Morgan fingerprint density at radius 2 is 1.74 bits per heavy atom. The van der Waals surface area contributed by atoms with Gasteiger partial charge in [-0.25, -0.2) is 4.79 Å². The molecule has 0 spiro atoms. The molecule has 0 fully saturated rings. The predicted molar refractivity (Wildman–Crippen MR) is 138 cm³/mol. The van der Waals surface area contributed by atoms with Crippen molar-refractivity contribution in [3.8, 4) is 5.75 Å². The molecule has 1 aliphatic rings. The predicted octanol–water partition coefficient (Wildman–Crippen LogP) is 6.78. The summed E-state index contributed by atoms with van der Waals surface area (Å²) in [6.07, 6.45) is 3.35. The van der Waals surface area contributed by atoms with Gasteiger partial charge in [0.15, 0.2) is 0 Å². The number of benzene rings is 2. The Labute approximate surface area is 203 Å². The molecule has 0 bridgehead atoms. The van der Waals surface area contributed by atoms with E-state index in [1.165, 1.54) is 6.08 Å². The third-order valence-corrected chi connectivity index (χ3v) is 6.50. The third-order valence-electron chi connectivity index (χ3n) is 6.50. The van der Waals surface area contributed by atoms with E-state index in [4.69, 9.17) is 4.74 Å².